The lowest BCUT2D eigenvalue weighted by Gasteiger charge is -2.20. The monoisotopic (exact) mass is 383 g/mol. The number of hydrogen-bond donors (Lipinski definition) is 1. The molecule has 0 aromatic heterocycles. The summed E-state index contributed by atoms with van der Waals surface area (Å²) in [5, 5.41) is 13.3. The van der Waals surface area contributed by atoms with Crippen LogP contribution < -0.4 is 10.1 Å². The highest BCUT2D eigenvalue weighted by Gasteiger charge is 2.32. The molecule has 10 heteroatoms. The number of nitro groups is 1. The van der Waals surface area contributed by atoms with Crippen LogP contribution in [-0.2, 0) is 13.1 Å². The van der Waals surface area contributed by atoms with E-state index in [2.05, 4.69) is 10.1 Å². The second-order valence-corrected chi connectivity index (χ2v) is 5.60. The number of alkyl halides is 3. The number of benzene rings is 2. The number of urea groups is 1. The van der Waals surface area contributed by atoms with E-state index in [1.807, 2.05) is 0 Å². The molecule has 27 heavy (non-hydrogen) atoms. The zero-order valence-electron chi connectivity index (χ0n) is 14.2. The van der Waals surface area contributed by atoms with Crippen molar-refractivity contribution in [1.29, 1.82) is 0 Å². The average Bonchev–Trinajstić information content (AvgIpc) is 2.60. The Bertz CT molecular complexity index is 827. The molecule has 2 aromatic carbocycles. The van der Waals surface area contributed by atoms with Gasteiger partial charge in [-0.2, -0.15) is 0 Å². The quantitative estimate of drug-likeness (QED) is 0.607. The van der Waals surface area contributed by atoms with Crippen LogP contribution in [0.3, 0.4) is 0 Å². The molecule has 0 radical (unpaired) electrons. The van der Waals surface area contributed by atoms with Crippen LogP contribution in [0.25, 0.3) is 0 Å². The van der Waals surface area contributed by atoms with Gasteiger partial charge in [0.1, 0.15) is 5.75 Å². The third-order valence-electron chi connectivity index (χ3n) is 3.52. The van der Waals surface area contributed by atoms with Gasteiger partial charge in [-0.3, -0.25) is 10.1 Å². The van der Waals surface area contributed by atoms with E-state index in [0.29, 0.717) is 5.56 Å². The van der Waals surface area contributed by atoms with Gasteiger partial charge in [-0.05, 0) is 11.6 Å². The number of non-ortho nitro benzene ring substituents is 1. The van der Waals surface area contributed by atoms with Crippen molar-refractivity contribution in [2.45, 2.75) is 19.5 Å². The molecule has 0 spiro atoms. The maximum Gasteiger partial charge on any atom is 0.573 e. The van der Waals surface area contributed by atoms with Crippen LogP contribution >= 0.6 is 0 Å². The van der Waals surface area contributed by atoms with Crippen molar-refractivity contribution in [3.05, 3.63) is 69.8 Å². The van der Waals surface area contributed by atoms with Crippen molar-refractivity contribution in [2.75, 3.05) is 7.05 Å². The average molecular weight is 383 g/mol. The summed E-state index contributed by atoms with van der Waals surface area (Å²) in [6.07, 6.45) is -4.83. The Hall–Kier alpha value is -3.30. The summed E-state index contributed by atoms with van der Waals surface area (Å²) in [4.78, 5) is 23.5. The molecule has 2 rings (SSSR count). The van der Waals surface area contributed by atoms with Gasteiger partial charge < -0.3 is 15.0 Å². The Morgan fingerprint density at radius 3 is 2.59 bits per heavy atom. The van der Waals surface area contributed by atoms with E-state index in [1.54, 1.807) is 6.07 Å². The highest BCUT2D eigenvalue weighted by atomic mass is 19.4. The summed E-state index contributed by atoms with van der Waals surface area (Å²) >= 11 is 0. The molecule has 1 N–H and O–H groups in total. The molecule has 2 amide bonds. The fraction of sp³-hybridized carbons (Fsp3) is 0.235. The number of halogens is 3. The van der Waals surface area contributed by atoms with Crippen molar-refractivity contribution in [2.24, 2.45) is 0 Å². The van der Waals surface area contributed by atoms with E-state index in [4.69, 9.17) is 0 Å². The number of nitrogens with one attached hydrogen (secondary N) is 1. The third kappa shape index (κ3) is 6.17. The van der Waals surface area contributed by atoms with Gasteiger partial charge in [0.25, 0.3) is 5.69 Å². The van der Waals surface area contributed by atoms with E-state index in [1.165, 1.54) is 48.3 Å². The smallest absolute Gasteiger partial charge is 0.405 e. The molecule has 0 aliphatic carbocycles. The summed E-state index contributed by atoms with van der Waals surface area (Å²) in [5.74, 6) is -0.386. The first-order chi connectivity index (χ1) is 12.7. The third-order valence-corrected chi connectivity index (χ3v) is 3.52. The molecule has 0 bridgehead atoms. The number of ether oxygens (including phenoxy) is 1. The summed E-state index contributed by atoms with van der Waals surface area (Å²) in [6, 6.07) is 10.7. The summed E-state index contributed by atoms with van der Waals surface area (Å²) in [5.41, 5.74) is 0.600. The Morgan fingerprint density at radius 2 is 1.93 bits per heavy atom. The number of carbonyl (C=O) groups excluding carboxylic acids is 1. The summed E-state index contributed by atoms with van der Waals surface area (Å²) < 4.78 is 41.3. The lowest BCUT2D eigenvalue weighted by Crippen LogP contribution is -2.36. The molecule has 0 aliphatic heterocycles. The van der Waals surface area contributed by atoms with Gasteiger partial charge in [0.15, 0.2) is 0 Å². The lowest BCUT2D eigenvalue weighted by molar-refractivity contribution is -0.384. The van der Waals surface area contributed by atoms with Crippen molar-refractivity contribution < 1.29 is 27.6 Å². The van der Waals surface area contributed by atoms with Crippen LogP contribution in [-0.4, -0.2) is 29.3 Å². The maximum atomic E-state index is 12.5. The number of para-hydroxylation sites is 1. The van der Waals surface area contributed by atoms with E-state index in [9.17, 15) is 28.1 Å². The zero-order valence-corrected chi connectivity index (χ0v) is 14.2. The Morgan fingerprint density at radius 1 is 1.22 bits per heavy atom. The Kier molecular flexibility index (Phi) is 6.22. The van der Waals surface area contributed by atoms with E-state index in [-0.39, 0.29) is 30.1 Å². The van der Waals surface area contributed by atoms with Crippen molar-refractivity contribution in [3.8, 4) is 5.75 Å². The topological polar surface area (TPSA) is 84.7 Å². The molecule has 0 saturated heterocycles. The molecule has 7 nitrogen and oxygen atoms in total. The number of hydrogen-bond acceptors (Lipinski definition) is 4. The van der Waals surface area contributed by atoms with Crippen LogP contribution in [0.15, 0.2) is 48.5 Å². The number of rotatable bonds is 6. The SMILES string of the molecule is CN(Cc1ccccc1OC(F)(F)F)C(=O)NCc1cccc([N+](=O)[O-])c1. The Labute approximate surface area is 152 Å². The van der Waals surface area contributed by atoms with Gasteiger partial charge in [0, 0.05) is 31.3 Å². The van der Waals surface area contributed by atoms with Gasteiger partial charge in [0.05, 0.1) is 11.5 Å². The molecular weight excluding hydrogens is 367 g/mol. The van der Waals surface area contributed by atoms with Crippen LogP contribution in [0.5, 0.6) is 5.75 Å². The highest BCUT2D eigenvalue weighted by molar-refractivity contribution is 5.74. The molecule has 0 heterocycles. The molecule has 0 saturated carbocycles. The predicted octanol–water partition coefficient (Wildman–Crippen LogP) is 3.84. The summed E-state index contributed by atoms with van der Waals surface area (Å²) in [7, 11) is 1.41. The van der Waals surface area contributed by atoms with Gasteiger partial charge in [-0.25, -0.2) is 4.79 Å². The molecule has 0 unspecified atom stereocenters. The number of nitrogens with zero attached hydrogens (tertiary/aromatic N) is 2. The largest absolute Gasteiger partial charge is 0.573 e. The van der Waals surface area contributed by atoms with Crippen molar-refractivity contribution in [1.82, 2.24) is 10.2 Å². The van der Waals surface area contributed by atoms with E-state index >= 15 is 0 Å². The molecule has 0 atom stereocenters. The fourth-order valence-electron chi connectivity index (χ4n) is 2.28. The normalized spacial score (nSPS) is 11.0. The van der Waals surface area contributed by atoms with Crippen LogP contribution in [0.2, 0.25) is 0 Å². The van der Waals surface area contributed by atoms with Gasteiger partial charge in [-0.15, -0.1) is 13.2 Å². The number of nitro benzene ring substituents is 1. The van der Waals surface area contributed by atoms with Crippen molar-refractivity contribution >= 4 is 11.7 Å². The van der Waals surface area contributed by atoms with E-state index in [0.717, 1.165) is 6.07 Å². The van der Waals surface area contributed by atoms with Crippen LogP contribution in [0, 0.1) is 10.1 Å². The predicted molar refractivity (Wildman–Crippen MR) is 89.9 cm³/mol. The first-order valence-electron chi connectivity index (χ1n) is 7.71. The maximum absolute atomic E-state index is 12.5. The second-order valence-electron chi connectivity index (χ2n) is 5.60. The van der Waals surface area contributed by atoms with E-state index < -0.39 is 17.3 Å². The minimum Gasteiger partial charge on any atom is -0.405 e. The molecule has 0 fully saturated rings. The number of carbonyl (C=O) groups is 1. The fourth-order valence-corrected chi connectivity index (χ4v) is 2.28. The minimum absolute atomic E-state index is 0.0333. The molecule has 0 aliphatic rings. The molecule has 2 aromatic rings. The number of amides is 2. The first-order valence-corrected chi connectivity index (χ1v) is 7.71. The Balaban J connectivity index is 1.98. The van der Waals surface area contributed by atoms with Crippen LogP contribution in [0.1, 0.15) is 11.1 Å². The summed E-state index contributed by atoms with van der Waals surface area (Å²) in [6.45, 7) is -0.0847. The molecular formula is C17H16F3N3O4. The highest BCUT2D eigenvalue weighted by Crippen LogP contribution is 2.27. The second kappa shape index (κ2) is 8.39. The first kappa shape index (κ1) is 20.0. The van der Waals surface area contributed by atoms with Gasteiger partial charge in [-0.1, -0.05) is 30.3 Å². The lowest BCUT2D eigenvalue weighted by atomic mass is 10.2. The van der Waals surface area contributed by atoms with Gasteiger partial charge in [0.2, 0.25) is 0 Å². The van der Waals surface area contributed by atoms with Crippen molar-refractivity contribution in [3.63, 3.8) is 0 Å². The molecule has 144 valence electrons. The standard InChI is InChI=1S/C17H16F3N3O4/c1-22(11-13-6-2-3-8-15(13)27-17(18,19)20)16(24)21-10-12-5-4-7-14(9-12)23(25)26/h2-9H,10-11H2,1H3,(H,21,24). The minimum atomic E-state index is -4.83. The van der Waals surface area contributed by atoms with Gasteiger partial charge >= 0.3 is 12.4 Å². The van der Waals surface area contributed by atoms with Crippen LogP contribution in [0.4, 0.5) is 23.7 Å². The zero-order chi connectivity index (χ0) is 20.0.